The van der Waals surface area contributed by atoms with Gasteiger partial charge in [-0.3, -0.25) is 44.1 Å². The number of sulfonamides is 1. The van der Waals surface area contributed by atoms with Gasteiger partial charge in [-0.2, -0.15) is 4.31 Å². The molecule has 1 aliphatic carbocycles. The number of furan rings is 1. The molecule has 0 bridgehead atoms. The number of hydrogen-bond donors (Lipinski definition) is 2. The molecular formula is C48H61N7O9S. The van der Waals surface area contributed by atoms with Crippen LogP contribution >= 0.6 is 0 Å². The number of pyridine rings is 2. The number of benzene rings is 1. The van der Waals surface area contributed by atoms with Gasteiger partial charge in [-0.1, -0.05) is 57.4 Å². The number of piperidine rings is 1. The molecule has 2 atom stereocenters. The van der Waals surface area contributed by atoms with Crippen LogP contribution in [0.15, 0.2) is 58.1 Å². The van der Waals surface area contributed by atoms with Gasteiger partial charge in [0.15, 0.2) is 0 Å². The second-order valence-corrected chi connectivity index (χ2v) is 20.3. The summed E-state index contributed by atoms with van der Waals surface area (Å²) in [6, 6.07) is 7.78. The maximum Gasteiger partial charge on any atom is 0.264 e. The average molecular weight is 912 g/mol. The Labute approximate surface area is 380 Å². The Morgan fingerprint density at radius 1 is 0.877 bits per heavy atom. The van der Waals surface area contributed by atoms with Crippen molar-refractivity contribution < 1.29 is 36.7 Å². The first-order chi connectivity index (χ1) is 31.4. The summed E-state index contributed by atoms with van der Waals surface area (Å²) in [5.74, 6) is -0.000118. The Balaban J connectivity index is 0.704. The first-order valence-electron chi connectivity index (χ1n) is 23.4. The van der Waals surface area contributed by atoms with Crippen LogP contribution in [0.2, 0.25) is 0 Å². The van der Waals surface area contributed by atoms with E-state index in [0.717, 1.165) is 73.8 Å². The molecule has 0 radical (unpaired) electrons. The van der Waals surface area contributed by atoms with Gasteiger partial charge in [0.25, 0.3) is 17.4 Å². The molecule has 4 aliphatic rings. The molecule has 348 valence electrons. The van der Waals surface area contributed by atoms with E-state index < -0.39 is 39.7 Å². The maximum absolute atomic E-state index is 13.4. The molecule has 4 amide bonds. The monoisotopic (exact) mass is 911 g/mol. The van der Waals surface area contributed by atoms with Crippen LogP contribution in [0.1, 0.15) is 123 Å². The van der Waals surface area contributed by atoms with Gasteiger partial charge in [-0.05, 0) is 69.2 Å². The third-order valence-electron chi connectivity index (χ3n) is 13.2. The molecule has 8 rings (SSSR count). The summed E-state index contributed by atoms with van der Waals surface area (Å²) >= 11 is 0. The molecular weight excluding hydrogens is 851 g/mol. The van der Waals surface area contributed by atoms with Gasteiger partial charge < -0.3 is 19.0 Å². The van der Waals surface area contributed by atoms with Gasteiger partial charge in [0, 0.05) is 74.9 Å². The molecule has 0 spiro atoms. The number of carbonyl (C=O) groups is 4. The van der Waals surface area contributed by atoms with Gasteiger partial charge in [0.2, 0.25) is 21.8 Å². The zero-order valence-corrected chi connectivity index (χ0v) is 38.3. The van der Waals surface area contributed by atoms with Crippen molar-refractivity contribution in [1.29, 1.82) is 0 Å². The highest BCUT2D eigenvalue weighted by Crippen LogP contribution is 2.37. The Morgan fingerprint density at radius 2 is 1.62 bits per heavy atom. The molecule has 1 saturated carbocycles. The fourth-order valence-electron chi connectivity index (χ4n) is 9.27. The lowest BCUT2D eigenvalue weighted by Gasteiger charge is -2.38. The number of ether oxygens (including phenoxy) is 1. The lowest BCUT2D eigenvalue weighted by molar-refractivity contribution is -0.136. The SMILES string of the molecule is CC1CN(S(=O)(=O)CCCCCCCCCCCCNc2cccc3c2C(=O)N(C2CCC(=O)NC2=O)C3=O)CCN1Cc1cc2c(=O)n(C)cc(-c3ccncc3OCC3CC3)c2o1. The minimum atomic E-state index is -3.38. The molecule has 2 N–H and O–H groups in total. The number of fused-ring (bicyclic) bond motifs is 2. The third-order valence-corrected chi connectivity index (χ3v) is 15.2. The van der Waals surface area contributed by atoms with Crippen LogP contribution in [0.3, 0.4) is 0 Å². The Hall–Kier alpha value is -5.39. The fourth-order valence-corrected chi connectivity index (χ4v) is 10.9. The summed E-state index contributed by atoms with van der Waals surface area (Å²) in [5, 5.41) is 6.04. The van der Waals surface area contributed by atoms with E-state index in [2.05, 4.69) is 20.5 Å². The van der Waals surface area contributed by atoms with Crippen LogP contribution in [0.25, 0.3) is 22.1 Å². The molecule has 16 nitrogen and oxygen atoms in total. The van der Waals surface area contributed by atoms with Gasteiger partial charge >= 0.3 is 0 Å². The van der Waals surface area contributed by atoms with Crippen molar-refractivity contribution in [1.82, 2.24) is 29.0 Å². The standard InChI is InChI=1S/C48H61N7O9S/c1-32-28-54(24-23-53(32)29-34-26-37-44(64-34)38(30-52(2)46(37)58)35-20-22-49-27-41(35)63-31-33-16-17-33)65(61,62)25-12-10-8-6-4-3-5-7-9-11-21-50-39-15-13-14-36-43(39)48(60)55(47(36)59)40-18-19-42(56)51-45(40)57/h13-15,20,22,26-27,30,32-33,40,50H,3-12,16-19,21,23-25,28-29,31H2,1-2H3,(H,51,56,57). The summed E-state index contributed by atoms with van der Waals surface area (Å²) in [6.07, 6.45) is 17.7. The molecule has 4 aromatic rings. The number of anilines is 1. The van der Waals surface area contributed by atoms with Crippen LogP contribution in [0, 0.1) is 5.92 Å². The largest absolute Gasteiger partial charge is 0.491 e. The van der Waals surface area contributed by atoms with E-state index in [1.54, 1.807) is 52.7 Å². The molecule has 3 fully saturated rings. The number of piperazine rings is 1. The summed E-state index contributed by atoms with van der Waals surface area (Å²) in [6.45, 7) is 5.16. The lowest BCUT2D eigenvalue weighted by atomic mass is 10.0. The highest BCUT2D eigenvalue weighted by atomic mass is 32.2. The minimum Gasteiger partial charge on any atom is -0.491 e. The summed E-state index contributed by atoms with van der Waals surface area (Å²) in [7, 11) is -1.65. The van der Waals surface area contributed by atoms with Gasteiger partial charge in [-0.15, -0.1) is 0 Å². The Bertz CT molecular complexity index is 2590. The first-order valence-corrected chi connectivity index (χ1v) is 25.0. The molecule has 6 heterocycles. The number of amides is 4. The van der Waals surface area contributed by atoms with Crippen molar-refractivity contribution in [2.75, 3.05) is 43.9 Å². The van der Waals surface area contributed by atoms with E-state index in [1.165, 1.54) is 12.8 Å². The minimum absolute atomic E-state index is 0.0324. The number of aryl methyl sites for hydroxylation is 1. The smallest absolute Gasteiger partial charge is 0.264 e. The maximum atomic E-state index is 13.4. The van der Waals surface area contributed by atoms with Gasteiger partial charge in [-0.25, -0.2) is 8.42 Å². The van der Waals surface area contributed by atoms with Crippen molar-refractivity contribution in [2.24, 2.45) is 13.0 Å². The Kier molecular flexibility index (Phi) is 14.5. The van der Waals surface area contributed by atoms with Crippen LogP contribution < -0.4 is 20.9 Å². The number of nitrogens with zero attached hydrogens (tertiary/aromatic N) is 5. The number of rotatable bonds is 22. The summed E-state index contributed by atoms with van der Waals surface area (Å²) in [5.41, 5.74) is 3.08. The van der Waals surface area contributed by atoms with Crippen LogP contribution in [0.4, 0.5) is 5.69 Å². The fraction of sp³-hybridized carbons (Fsp3) is 0.542. The third kappa shape index (κ3) is 10.7. The second-order valence-electron chi connectivity index (χ2n) is 18.2. The van der Waals surface area contributed by atoms with Crippen molar-refractivity contribution in [2.45, 2.75) is 115 Å². The Morgan fingerprint density at radius 3 is 2.34 bits per heavy atom. The number of unbranched alkanes of at least 4 members (excludes halogenated alkanes) is 9. The number of imide groups is 2. The van der Waals surface area contributed by atoms with Crippen LogP contribution in [-0.2, 0) is 33.2 Å². The molecule has 3 aromatic heterocycles. The zero-order valence-electron chi connectivity index (χ0n) is 37.5. The van der Waals surface area contributed by atoms with Crippen molar-refractivity contribution >= 4 is 50.3 Å². The van der Waals surface area contributed by atoms with E-state index in [1.807, 2.05) is 19.1 Å². The topological polar surface area (TPSA) is 193 Å². The van der Waals surface area contributed by atoms with E-state index >= 15 is 0 Å². The van der Waals surface area contributed by atoms with Gasteiger partial charge in [0.05, 0.1) is 41.6 Å². The first kappa shape index (κ1) is 46.2. The number of nitrogens with one attached hydrogen (secondary N) is 2. The highest BCUT2D eigenvalue weighted by Gasteiger charge is 2.45. The number of aromatic nitrogens is 2. The molecule has 2 saturated heterocycles. The zero-order chi connectivity index (χ0) is 45.7. The molecule has 2 unspecified atom stereocenters. The molecule has 1 aromatic carbocycles. The molecule has 65 heavy (non-hydrogen) atoms. The highest BCUT2D eigenvalue weighted by molar-refractivity contribution is 7.89. The van der Waals surface area contributed by atoms with Gasteiger partial charge in [0.1, 0.15) is 23.1 Å². The molecule has 3 aliphatic heterocycles. The molecule has 17 heteroatoms. The van der Waals surface area contributed by atoms with Crippen molar-refractivity contribution in [3.63, 3.8) is 0 Å². The average Bonchev–Trinajstić information content (AvgIpc) is 3.97. The van der Waals surface area contributed by atoms with Crippen molar-refractivity contribution in [3.8, 4) is 16.9 Å². The van der Waals surface area contributed by atoms with Crippen LogP contribution in [0.5, 0.6) is 5.75 Å². The normalized spacial score (nSPS) is 19.6. The van der Waals surface area contributed by atoms with E-state index in [9.17, 15) is 32.4 Å². The van der Waals surface area contributed by atoms with E-state index in [0.29, 0.717) is 79.8 Å². The number of hydrogen-bond acceptors (Lipinski definition) is 12. The predicted octanol–water partition coefficient (Wildman–Crippen LogP) is 6.23. The number of carbonyl (C=O) groups excluding carboxylic acids is 4. The van der Waals surface area contributed by atoms with Crippen molar-refractivity contribution in [3.05, 3.63) is 76.2 Å². The summed E-state index contributed by atoms with van der Waals surface area (Å²) < 4.78 is 42.5. The van der Waals surface area contributed by atoms with E-state index in [-0.39, 0.29) is 41.3 Å². The second kappa shape index (κ2) is 20.4. The van der Waals surface area contributed by atoms with Crippen LogP contribution in [-0.4, -0.2) is 106 Å². The van der Waals surface area contributed by atoms with E-state index in [4.69, 9.17) is 9.15 Å². The quantitative estimate of drug-likeness (QED) is 0.0668. The predicted molar refractivity (Wildman–Crippen MR) is 246 cm³/mol. The lowest BCUT2D eigenvalue weighted by Crippen LogP contribution is -2.54. The summed E-state index contributed by atoms with van der Waals surface area (Å²) in [4.78, 5) is 71.1.